The summed E-state index contributed by atoms with van der Waals surface area (Å²) in [6, 6.07) is 8.18. The van der Waals surface area contributed by atoms with E-state index < -0.39 is 12.1 Å². The molecule has 11 heteroatoms. The molecule has 0 aromatic heterocycles. The predicted molar refractivity (Wildman–Crippen MR) is 89.4 cm³/mol. The van der Waals surface area contributed by atoms with Crippen LogP contribution >= 0.6 is 11.9 Å². The number of nitrogens with one attached hydrogen (secondary N) is 5. The van der Waals surface area contributed by atoms with Gasteiger partial charge in [-0.15, -0.1) is 0 Å². The minimum Gasteiger partial charge on any atom is -0.342 e. The van der Waals surface area contributed by atoms with Gasteiger partial charge in [0, 0.05) is 18.5 Å². The summed E-state index contributed by atoms with van der Waals surface area (Å²) in [6.45, 7) is 2.26. The van der Waals surface area contributed by atoms with Crippen LogP contribution in [0, 0.1) is 0 Å². The van der Waals surface area contributed by atoms with Crippen molar-refractivity contribution in [3.8, 4) is 0 Å². The zero-order valence-corrected chi connectivity index (χ0v) is 13.6. The van der Waals surface area contributed by atoms with Crippen LogP contribution in [0.3, 0.4) is 0 Å². The Morgan fingerprint density at radius 1 is 1.33 bits per heavy atom. The van der Waals surface area contributed by atoms with Gasteiger partial charge in [0.25, 0.3) is 5.24 Å². The summed E-state index contributed by atoms with van der Waals surface area (Å²) in [5.74, 6) is 0. The lowest BCUT2D eigenvalue weighted by Crippen LogP contribution is -2.57. The zero-order chi connectivity index (χ0) is 17.4. The van der Waals surface area contributed by atoms with Crippen LogP contribution in [-0.4, -0.2) is 34.6 Å². The van der Waals surface area contributed by atoms with Gasteiger partial charge in [-0.05, 0) is 12.5 Å². The second-order valence-electron chi connectivity index (χ2n) is 4.75. The molecule has 0 radical (unpaired) electrons. The van der Waals surface area contributed by atoms with Crippen molar-refractivity contribution in [3.05, 3.63) is 35.9 Å². The molecule has 0 bridgehead atoms. The second-order valence-corrected chi connectivity index (χ2v) is 5.53. The average molecular weight is 351 g/mol. The van der Waals surface area contributed by atoms with Crippen molar-refractivity contribution in [1.29, 1.82) is 0 Å². The third-order valence-corrected chi connectivity index (χ3v) is 3.33. The van der Waals surface area contributed by atoms with Crippen LogP contribution in [0.25, 0.3) is 0 Å². The summed E-state index contributed by atoms with van der Waals surface area (Å²) >= 11 is 0.673. The minimum atomic E-state index is -0.691. The van der Waals surface area contributed by atoms with Crippen LogP contribution in [0.4, 0.5) is 14.4 Å². The Kier molecular flexibility index (Phi) is 6.40. The Morgan fingerprint density at radius 3 is 2.83 bits per heavy atom. The number of nitrogens with zero attached hydrogens (tertiary/aromatic N) is 2. The fourth-order valence-electron chi connectivity index (χ4n) is 1.70. The average Bonchev–Trinajstić information content (AvgIpc) is 2.57. The van der Waals surface area contributed by atoms with Gasteiger partial charge in [0.05, 0.1) is 12.3 Å². The molecule has 0 spiro atoms. The van der Waals surface area contributed by atoms with Crippen molar-refractivity contribution in [3.63, 3.8) is 0 Å². The normalized spacial score (nSPS) is 13.6. The highest BCUT2D eigenvalue weighted by Gasteiger charge is 2.20. The van der Waals surface area contributed by atoms with Gasteiger partial charge in [0.2, 0.25) is 0 Å². The molecule has 0 saturated carbocycles. The molecule has 2 rings (SSSR count). The van der Waals surface area contributed by atoms with E-state index in [-0.39, 0.29) is 11.8 Å². The Labute approximate surface area is 142 Å². The topological polar surface area (TPSA) is 127 Å². The van der Waals surface area contributed by atoms with Gasteiger partial charge < -0.3 is 5.32 Å². The highest BCUT2D eigenvalue weighted by molar-refractivity contribution is 8.11. The predicted octanol–water partition coefficient (Wildman–Crippen LogP) is 0.664. The van der Waals surface area contributed by atoms with Crippen molar-refractivity contribution < 1.29 is 14.4 Å². The summed E-state index contributed by atoms with van der Waals surface area (Å²) in [6.07, 6.45) is 0. The Morgan fingerprint density at radius 2 is 2.08 bits per heavy atom. The van der Waals surface area contributed by atoms with Crippen molar-refractivity contribution in [2.45, 2.75) is 13.5 Å². The molecule has 10 nitrogen and oxygen atoms in total. The van der Waals surface area contributed by atoms with E-state index in [1.165, 1.54) is 0 Å². The molecule has 1 heterocycles. The number of rotatable bonds is 5. The molecule has 0 unspecified atom stereocenters. The Hall–Kier alpha value is -2.79. The molecule has 5 amide bonds. The maximum Gasteiger partial charge on any atom is 0.356 e. The summed E-state index contributed by atoms with van der Waals surface area (Å²) in [4.78, 5) is 37.1. The monoisotopic (exact) mass is 351 g/mol. The van der Waals surface area contributed by atoms with Crippen LogP contribution in [0.5, 0.6) is 0 Å². The maximum atomic E-state index is 11.6. The lowest BCUT2D eigenvalue weighted by Gasteiger charge is -2.25. The van der Waals surface area contributed by atoms with Crippen molar-refractivity contribution in [2.24, 2.45) is 5.10 Å². The second kappa shape index (κ2) is 8.74. The van der Waals surface area contributed by atoms with Crippen molar-refractivity contribution in [1.82, 2.24) is 31.4 Å². The summed E-state index contributed by atoms with van der Waals surface area (Å²) < 4.78 is 0. The summed E-state index contributed by atoms with van der Waals surface area (Å²) in [5, 5.41) is 7.09. The molecule has 0 fully saturated rings. The smallest absolute Gasteiger partial charge is 0.342 e. The van der Waals surface area contributed by atoms with Crippen LogP contribution < -0.4 is 26.4 Å². The first-order valence-electron chi connectivity index (χ1n) is 6.95. The van der Waals surface area contributed by atoms with Gasteiger partial charge in [0.15, 0.2) is 0 Å². The number of hydrogen-bond acceptors (Lipinski definition) is 6. The zero-order valence-electron chi connectivity index (χ0n) is 12.8. The molecule has 24 heavy (non-hydrogen) atoms. The number of hydrogen-bond donors (Lipinski definition) is 5. The van der Waals surface area contributed by atoms with E-state index in [1.807, 2.05) is 30.3 Å². The van der Waals surface area contributed by atoms with E-state index in [0.29, 0.717) is 24.2 Å². The third kappa shape index (κ3) is 5.78. The molecule has 0 aliphatic carbocycles. The summed E-state index contributed by atoms with van der Waals surface area (Å²) in [5.41, 5.74) is 8.38. The lowest BCUT2D eigenvalue weighted by molar-refractivity contribution is 0.172. The van der Waals surface area contributed by atoms with Crippen LogP contribution in [0.2, 0.25) is 0 Å². The molecule has 1 aliphatic rings. The van der Waals surface area contributed by atoms with Gasteiger partial charge in [-0.2, -0.15) is 9.93 Å². The molecule has 1 aliphatic heterocycles. The van der Waals surface area contributed by atoms with E-state index in [9.17, 15) is 14.4 Å². The number of hydrazine groups is 2. The molecule has 128 valence electrons. The van der Waals surface area contributed by atoms with Gasteiger partial charge in [-0.25, -0.2) is 25.4 Å². The van der Waals surface area contributed by atoms with E-state index in [4.69, 9.17) is 0 Å². The first kappa shape index (κ1) is 17.6. The SMILES string of the molecule is CC1=NNC(=O)N(NC(=O)NNSC(=O)NCc2ccccc2)C1. The van der Waals surface area contributed by atoms with E-state index in [1.54, 1.807) is 6.92 Å². The maximum absolute atomic E-state index is 11.6. The van der Waals surface area contributed by atoms with E-state index >= 15 is 0 Å². The molecule has 0 saturated heterocycles. The fraction of sp³-hybridized carbons (Fsp3) is 0.231. The van der Waals surface area contributed by atoms with Crippen molar-refractivity contribution in [2.75, 3.05) is 6.54 Å². The first-order chi connectivity index (χ1) is 11.5. The van der Waals surface area contributed by atoms with Crippen LogP contribution in [0.15, 0.2) is 35.4 Å². The highest BCUT2D eigenvalue weighted by Crippen LogP contribution is 2.00. The standard InChI is InChI=1S/C13H17N7O3S/c1-9-8-20(12(22)17-15-9)18-11(21)16-19-24-13(23)14-7-10-5-3-2-4-6-10/h2-6,19H,7-8H2,1H3,(H,14,23)(H,17,22)(H2,16,18,21). The number of benzene rings is 1. The lowest BCUT2D eigenvalue weighted by atomic mass is 10.2. The van der Waals surface area contributed by atoms with Crippen LogP contribution in [0.1, 0.15) is 12.5 Å². The molecule has 1 aromatic carbocycles. The largest absolute Gasteiger partial charge is 0.356 e. The third-order valence-electron chi connectivity index (χ3n) is 2.80. The first-order valence-corrected chi connectivity index (χ1v) is 7.77. The number of urea groups is 2. The number of carbonyl (C=O) groups excluding carboxylic acids is 3. The molecule has 0 atom stereocenters. The Bertz CT molecular complexity index is 638. The quantitative estimate of drug-likeness (QED) is 0.393. The number of carbonyl (C=O) groups is 3. The molecular weight excluding hydrogens is 334 g/mol. The summed E-state index contributed by atoms with van der Waals surface area (Å²) in [7, 11) is 0. The van der Waals surface area contributed by atoms with Gasteiger partial charge in [-0.1, -0.05) is 30.3 Å². The molecule has 5 N–H and O–H groups in total. The number of amides is 5. The highest BCUT2D eigenvalue weighted by atomic mass is 32.2. The minimum absolute atomic E-state index is 0.171. The Balaban J connectivity index is 1.62. The molecular formula is C13H17N7O3S. The van der Waals surface area contributed by atoms with Gasteiger partial charge in [0.1, 0.15) is 0 Å². The van der Waals surface area contributed by atoms with E-state index in [0.717, 1.165) is 10.6 Å². The fourth-order valence-corrected chi connectivity index (χ4v) is 2.09. The van der Waals surface area contributed by atoms with Crippen molar-refractivity contribution >= 4 is 35.0 Å². The van der Waals surface area contributed by atoms with Gasteiger partial charge in [-0.3, -0.25) is 10.2 Å². The van der Waals surface area contributed by atoms with Crippen LogP contribution in [-0.2, 0) is 6.54 Å². The number of hydrazone groups is 1. The van der Waals surface area contributed by atoms with Gasteiger partial charge >= 0.3 is 12.1 Å². The molecule has 1 aromatic rings. The van der Waals surface area contributed by atoms with E-state index in [2.05, 4.69) is 31.5 Å².